The zero-order valence-corrected chi connectivity index (χ0v) is 13.5. The van der Waals surface area contributed by atoms with Gasteiger partial charge in [0.25, 0.3) is 5.91 Å². The fourth-order valence-corrected chi connectivity index (χ4v) is 3.12. The lowest BCUT2D eigenvalue weighted by molar-refractivity contribution is -0.118. The summed E-state index contributed by atoms with van der Waals surface area (Å²) in [6, 6.07) is 3.46. The number of pyridine rings is 1. The van der Waals surface area contributed by atoms with E-state index in [-0.39, 0.29) is 23.8 Å². The molecule has 6 nitrogen and oxygen atoms in total. The molecule has 6 heteroatoms. The van der Waals surface area contributed by atoms with Crippen molar-refractivity contribution in [2.45, 2.75) is 45.3 Å². The van der Waals surface area contributed by atoms with Crippen LogP contribution in [0.5, 0.6) is 0 Å². The molecule has 1 aliphatic carbocycles. The number of hydrogen-bond acceptors (Lipinski definition) is 4. The van der Waals surface area contributed by atoms with Gasteiger partial charge in [0.1, 0.15) is 5.82 Å². The number of fused-ring (bicyclic) bond motifs is 1. The third kappa shape index (κ3) is 3.52. The van der Waals surface area contributed by atoms with Gasteiger partial charge in [-0.1, -0.05) is 13.8 Å². The summed E-state index contributed by atoms with van der Waals surface area (Å²) in [4.78, 5) is 28.2. The quantitative estimate of drug-likeness (QED) is 0.890. The van der Waals surface area contributed by atoms with Gasteiger partial charge in [-0.25, -0.2) is 4.98 Å². The van der Waals surface area contributed by atoms with Crippen molar-refractivity contribution in [1.82, 2.24) is 10.3 Å². The Hall–Kier alpha value is -1.95. The molecule has 23 heavy (non-hydrogen) atoms. The second-order valence-electron chi connectivity index (χ2n) is 6.60. The molecule has 0 spiro atoms. The first kappa shape index (κ1) is 15.9. The van der Waals surface area contributed by atoms with Gasteiger partial charge < -0.3 is 15.4 Å². The lowest BCUT2D eigenvalue weighted by Crippen LogP contribution is -2.57. The second-order valence-corrected chi connectivity index (χ2v) is 6.60. The topological polar surface area (TPSA) is 80.3 Å². The molecule has 0 radical (unpaired) electrons. The van der Waals surface area contributed by atoms with Crippen LogP contribution in [0.2, 0.25) is 0 Å². The molecule has 0 unspecified atom stereocenters. The fourth-order valence-electron chi connectivity index (χ4n) is 3.12. The first-order chi connectivity index (χ1) is 11.0. The highest BCUT2D eigenvalue weighted by Crippen LogP contribution is 2.37. The van der Waals surface area contributed by atoms with E-state index in [0.29, 0.717) is 23.4 Å². The number of ether oxygens (including phenoxy) is 1. The number of nitrogens with zero attached hydrogens (tertiary/aromatic N) is 1. The average Bonchev–Trinajstić information content (AvgIpc) is 2.52. The number of rotatable bonds is 4. The van der Waals surface area contributed by atoms with Crippen LogP contribution in [0.1, 0.15) is 43.5 Å². The van der Waals surface area contributed by atoms with Crippen molar-refractivity contribution in [3.05, 3.63) is 23.9 Å². The smallest absolute Gasteiger partial charge is 0.251 e. The molecule has 2 N–H and O–H groups in total. The molecule has 2 aliphatic rings. The maximum Gasteiger partial charge on any atom is 0.251 e. The second kappa shape index (κ2) is 6.66. The summed E-state index contributed by atoms with van der Waals surface area (Å²) in [5, 5.41) is 5.79. The Labute approximate surface area is 136 Å². The van der Waals surface area contributed by atoms with Gasteiger partial charge in [-0.05, 0) is 31.4 Å². The van der Waals surface area contributed by atoms with Gasteiger partial charge in [0.05, 0.1) is 6.10 Å². The van der Waals surface area contributed by atoms with E-state index < -0.39 is 0 Å². The Kier molecular flexibility index (Phi) is 4.61. The van der Waals surface area contributed by atoms with Gasteiger partial charge in [0, 0.05) is 36.2 Å². The van der Waals surface area contributed by atoms with E-state index >= 15 is 0 Å². The molecule has 1 saturated heterocycles. The maximum absolute atomic E-state index is 12.4. The molecule has 0 bridgehead atoms. The van der Waals surface area contributed by atoms with Gasteiger partial charge >= 0.3 is 0 Å². The van der Waals surface area contributed by atoms with E-state index in [9.17, 15) is 9.59 Å². The summed E-state index contributed by atoms with van der Waals surface area (Å²) in [5.41, 5.74) is 0.513. The Balaban J connectivity index is 1.60. The molecular weight excluding hydrogens is 294 g/mol. The molecule has 1 aromatic rings. The number of aromatic nitrogens is 1. The van der Waals surface area contributed by atoms with Crippen molar-refractivity contribution in [2.24, 2.45) is 11.8 Å². The van der Waals surface area contributed by atoms with Crippen molar-refractivity contribution < 1.29 is 14.3 Å². The third-order valence-corrected chi connectivity index (χ3v) is 4.61. The summed E-state index contributed by atoms with van der Waals surface area (Å²) in [6.45, 7) is 4.46. The molecule has 1 aromatic heterocycles. The zero-order valence-electron chi connectivity index (χ0n) is 13.5. The number of nitrogens with one attached hydrogen (secondary N) is 2. The Morgan fingerprint density at radius 2 is 2.22 bits per heavy atom. The summed E-state index contributed by atoms with van der Waals surface area (Å²) in [5.74, 6) is 0.476. The lowest BCUT2D eigenvalue weighted by atomic mass is 9.72. The van der Waals surface area contributed by atoms with E-state index in [0.717, 1.165) is 25.9 Å². The predicted octanol–water partition coefficient (Wildman–Crippen LogP) is 1.97. The molecular formula is C17H23N3O3. The zero-order chi connectivity index (χ0) is 16.4. The summed E-state index contributed by atoms with van der Waals surface area (Å²) < 4.78 is 5.67. The lowest BCUT2D eigenvalue weighted by Gasteiger charge is -2.47. The predicted molar refractivity (Wildman–Crippen MR) is 86.0 cm³/mol. The van der Waals surface area contributed by atoms with Crippen molar-refractivity contribution >= 4 is 17.6 Å². The minimum Gasteiger partial charge on any atom is -0.378 e. The first-order valence-corrected chi connectivity index (χ1v) is 8.24. The van der Waals surface area contributed by atoms with E-state index in [1.54, 1.807) is 12.1 Å². The minimum atomic E-state index is -0.132. The van der Waals surface area contributed by atoms with Crippen molar-refractivity contribution in [3.63, 3.8) is 0 Å². The molecule has 2 amide bonds. The van der Waals surface area contributed by atoms with E-state index in [2.05, 4.69) is 15.6 Å². The number of anilines is 1. The van der Waals surface area contributed by atoms with Crippen LogP contribution in [0.3, 0.4) is 0 Å². The Morgan fingerprint density at radius 3 is 2.96 bits per heavy atom. The number of hydrogen-bond donors (Lipinski definition) is 2. The molecule has 0 aromatic carbocycles. The summed E-state index contributed by atoms with van der Waals surface area (Å²) >= 11 is 0. The SMILES string of the molecule is CC(C)C(=O)Nc1cc(C(=O)N[C@@H]2C[C@@H]3OCCC[C@@H]32)ccn1. The van der Waals surface area contributed by atoms with E-state index in [4.69, 9.17) is 4.74 Å². The molecule has 1 saturated carbocycles. The van der Waals surface area contributed by atoms with Gasteiger partial charge in [-0.3, -0.25) is 9.59 Å². The molecule has 2 heterocycles. The largest absolute Gasteiger partial charge is 0.378 e. The van der Waals surface area contributed by atoms with Crippen LogP contribution in [0, 0.1) is 11.8 Å². The average molecular weight is 317 g/mol. The van der Waals surface area contributed by atoms with Crippen LogP contribution >= 0.6 is 0 Å². The minimum absolute atomic E-state index is 0.115. The van der Waals surface area contributed by atoms with Gasteiger partial charge in [-0.2, -0.15) is 0 Å². The van der Waals surface area contributed by atoms with Crippen LogP contribution in [-0.2, 0) is 9.53 Å². The van der Waals surface area contributed by atoms with Gasteiger partial charge in [0.15, 0.2) is 0 Å². The van der Waals surface area contributed by atoms with Crippen molar-refractivity contribution in [2.75, 3.05) is 11.9 Å². The highest BCUT2D eigenvalue weighted by molar-refractivity contribution is 5.97. The van der Waals surface area contributed by atoms with Crippen LogP contribution < -0.4 is 10.6 Å². The highest BCUT2D eigenvalue weighted by atomic mass is 16.5. The Bertz CT molecular complexity index is 603. The van der Waals surface area contributed by atoms with Crippen molar-refractivity contribution in [3.8, 4) is 0 Å². The first-order valence-electron chi connectivity index (χ1n) is 8.24. The normalized spacial score (nSPS) is 26.1. The van der Waals surface area contributed by atoms with Crippen LogP contribution in [0.15, 0.2) is 18.3 Å². The van der Waals surface area contributed by atoms with E-state index in [1.807, 2.05) is 13.8 Å². The summed E-state index contributed by atoms with van der Waals surface area (Å²) in [7, 11) is 0. The number of amides is 2. The third-order valence-electron chi connectivity index (χ3n) is 4.61. The monoisotopic (exact) mass is 317 g/mol. The van der Waals surface area contributed by atoms with Gasteiger partial charge in [0.2, 0.25) is 5.91 Å². The summed E-state index contributed by atoms with van der Waals surface area (Å²) in [6.07, 6.45) is 4.92. The molecule has 3 atom stereocenters. The van der Waals surface area contributed by atoms with E-state index in [1.165, 1.54) is 6.20 Å². The standard InChI is InChI=1S/C17H23N3O3/c1-10(2)16(21)20-15-8-11(5-6-18-15)17(22)19-13-9-14-12(13)4-3-7-23-14/h5-6,8,10,12-14H,3-4,7,9H2,1-2H3,(H,19,22)(H,18,20,21)/t12-,13-,14+/m1/s1. The van der Waals surface area contributed by atoms with Crippen LogP contribution in [0.4, 0.5) is 5.82 Å². The van der Waals surface area contributed by atoms with Crippen LogP contribution in [-0.4, -0.2) is 35.6 Å². The van der Waals surface area contributed by atoms with Gasteiger partial charge in [-0.15, -0.1) is 0 Å². The molecule has 1 aliphatic heterocycles. The molecule has 124 valence electrons. The number of carbonyl (C=O) groups is 2. The van der Waals surface area contributed by atoms with Crippen LogP contribution in [0.25, 0.3) is 0 Å². The molecule has 2 fully saturated rings. The van der Waals surface area contributed by atoms with Crippen molar-refractivity contribution in [1.29, 1.82) is 0 Å². The Morgan fingerprint density at radius 1 is 1.39 bits per heavy atom. The fraction of sp³-hybridized carbons (Fsp3) is 0.588. The number of carbonyl (C=O) groups excluding carboxylic acids is 2. The highest BCUT2D eigenvalue weighted by Gasteiger charge is 2.43. The maximum atomic E-state index is 12.4. The molecule has 3 rings (SSSR count).